The van der Waals surface area contributed by atoms with Gasteiger partial charge in [-0.3, -0.25) is 14.2 Å². The van der Waals surface area contributed by atoms with E-state index in [2.05, 4.69) is 0 Å². The van der Waals surface area contributed by atoms with Gasteiger partial charge in [0.2, 0.25) is 5.52 Å². The van der Waals surface area contributed by atoms with E-state index in [4.69, 9.17) is 23.2 Å². The minimum atomic E-state index is -2.51. The molecule has 1 unspecified atom stereocenters. The van der Waals surface area contributed by atoms with E-state index in [0.29, 0.717) is 18.4 Å². The third-order valence-electron chi connectivity index (χ3n) is 5.76. The molecule has 3 nitrogen and oxygen atoms in total. The average Bonchev–Trinajstić information content (AvgIpc) is 2.66. The summed E-state index contributed by atoms with van der Waals surface area (Å²) >= 11 is 12.6. The molecule has 29 heavy (non-hydrogen) atoms. The molecule has 2 aromatic carbocycles. The largest absolute Gasteiger partial charge is 0.293 e. The zero-order valence-corrected chi connectivity index (χ0v) is 19.3. The molecule has 0 spiro atoms. The molecule has 0 amide bonds. The van der Waals surface area contributed by atoms with Crippen molar-refractivity contribution in [3.8, 4) is 0 Å². The molecular formula is C23H24Cl2O3P. The van der Waals surface area contributed by atoms with Gasteiger partial charge >= 0.3 is 0 Å². The number of carbonyl (C=O) groups is 2. The fraction of sp³-hybridized carbons (Fsp3) is 0.391. The maximum atomic E-state index is 13.7. The Hall–Kier alpha value is -1.54. The van der Waals surface area contributed by atoms with Crippen molar-refractivity contribution in [1.82, 2.24) is 0 Å². The SMILES string of the molecule is Cc1cc(C)c(C(=O)[P](=O)C2(C(=O)c3c(Cl)cccc3Cl)CCCCC2)c(C)c1. The van der Waals surface area contributed by atoms with E-state index in [9.17, 15) is 14.2 Å². The van der Waals surface area contributed by atoms with Crippen LogP contribution in [0.3, 0.4) is 0 Å². The number of carbonyl (C=O) groups excluding carboxylic acids is 2. The molecule has 6 heteroatoms. The number of halogens is 2. The normalized spacial score (nSPS) is 16.4. The molecule has 1 aliphatic rings. The molecule has 1 radical (unpaired) electrons. The molecule has 1 aliphatic carbocycles. The Labute approximate surface area is 182 Å². The third-order valence-corrected chi connectivity index (χ3v) is 8.41. The minimum absolute atomic E-state index is 0.172. The van der Waals surface area contributed by atoms with E-state index < -0.39 is 18.5 Å². The van der Waals surface area contributed by atoms with Gasteiger partial charge in [-0.1, -0.05) is 66.2 Å². The predicted octanol–water partition coefficient (Wildman–Crippen LogP) is 7.47. The van der Waals surface area contributed by atoms with E-state index >= 15 is 0 Å². The lowest BCUT2D eigenvalue weighted by atomic mass is 9.82. The molecule has 0 aliphatic heterocycles. The molecule has 0 bridgehead atoms. The molecule has 1 saturated carbocycles. The second-order valence-electron chi connectivity index (χ2n) is 7.89. The van der Waals surface area contributed by atoms with Crippen LogP contribution in [0.1, 0.15) is 69.5 Å². The number of Topliss-reactive ketones (excluding diaryl/α,β-unsaturated/α-hetero) is 1. The van der Waals surface area contributed by atoms with Gasteiger partial charge in [-0.05, 0) is 56.9 Å². The van der Waals surface area contributed by atoms with Crippen molar-refractivity contribution < 1.29 is 14.2 Å². The lowest BCUT2D eigenvalue weighted by Crippen LogP contribution is -2.39. The van der Waals surface area contributed by atoms with Crippen molar-refractivity contribution in [2.24, 2.45) is 0 Å². The fourth-order valence-electron chi connectivity index (χ4n) is 4.42. The van der Waals surface area contributed by atoms with Crippen LogP contribution in [0.4, 0.5) is 0 Å². The van der Waals surface area contributed by atoms with Gasteiger partial charge in [-0.15, -0.1) is 0 Å². The van der Waals surface area contributed by atoms with Crippen LogP contribution >= 0.6 is 31.0 Å². The molecule has 0 N–H and O–H groups in total. The molecule has 1 atom stereocenters. The second-order valence-corrected chi connectivity index (χ2v) is 10.6. The number of benzene rings is 2. The van der Waals surface area contributed by atoms with Crippen LogP contribution in [0.5, 0.6) is 0 Å². The van der Waals surface area contributed by atoms with Crippen LogP contribution < -0.4 is 0 Å². The summed E-state index contributed by atoms with van der Waals surface area (Å²) in [4.78, 5) is 27.1. The molecule has 2 aromatic rings. The van der Waals surface area contributed by atoms with E-state index in [0.717, 1.165) is 36.0 Å². The van der Waals surface area contributed by atoms with Crippen molar-refractivity contribution in [2.75, 3.05) is 0 Å². The van der Waals surface area contributed by atoms with Gasteiger partial charge in [0.25, 0.3) is 0 Å². The van der Waals surface area contributed by atoms with Crippen LogP contribution in [-0.2, 0) is 4.57 Å². The topological polar surface area (TPSA) is 51.2 Å². The molecule has 0 heterocycles. The Morgan fingerprint density at radius 3 is 1.93 bits per heavy atom. The first-order valence-corrected chi connectivity index (χ1v) is 11.8. The Morgan fingerprint density at radius 2 is 1.41 bits per heavy atom. The minimum Gasteiger partial charge on any atom is -0.293 e. The first kappa shape index (κ1) is 22.2. The van der Waals surface area contributed by atoms with Crippen LogP contribution in [0.2, 0.25) is 10.0 Å². The highest BCUT2D eigenvalue weighted by Gasteiger charge is 2.50. The maximum absolute atomic E-state index is 13.7. The Balaban J connectivity index is 2.11. The number of hydrogen-bond donors (Lipinski definition) is 0. The molecular weight excluding hydrogens is 426 g/mol. The van der Waals surface area contributed by atoms with Crippen LogP contribution in [0.25, 0.3) is 0 Å². The zero-order valence-electron chi connectivity index (χ0n) is 16.9. The highest BCUT2D eigenvalue weighted by molar-refractivity contribution is 7.67. The van der Waals surface area contributed by atoms with Gasteiger partial charge in [-0.2, -0.15) is 0 Å². The number of aryl methyl sites for hydroxylation is 3. The summed E-state index contributed by atoms with van der Waals surface area (Å²) in [6.07, 6.45) is 3.24. The van der Waals surface area contributed by atoms with Crippen LogP contribution in [-0.4, -0.2) is 16.5 Å². The summed E-state index contributed by atoms with van der Waals surface area (Å²) in [5, 5.41) is -0.805. The second kappa shape index (κ2) is 8.68. The first-order valence-electron chi connectivity index (χ1n) is 9.77. The van der Waals surface area contributed by atoms with Crippen molar-refractivity contribution in [3.63, 3.8) is 0 Å². The summed E-state index contributed by atoms with van der Waals surface area (Å²) in [5.41, 5.74) is 2.78. The first-order chi connectivity index (χ1) is 13.7. The van der Waals surface area contributed by atoms with E-state index in [-0.39, 0.29) is 21.4 Å². The number of rotatable bonds is 5. The quantitative estimate of drug-likeness (QED) is 0.351. The monoisotopic (exact) mass is 449 g/mol. The van der Waals surface area contributed by atoms with Gasteiger partial charge in [-0.25, -0.2) is 0 Å². The summed E-state index contributed by atoms with van der Waals surface area (Å²) in [5.74, 6) is -0.371. The van der Waals surface area contributed by atoms with Gasteiger partial charge < -0.3 is 0 Å². The maximum Gasteiger partial charge on any atom is 0.243 e. The third kappa shape index (κ3) is 4.06. The van der Waals surface area contributed by atoms with Gasteiger partial charge in [0.05, 0.1) is 15.6 Å². The summed E-state index contributed by atoms with van der Waals surface area (Å²) in [7, 11) is -2.51. The predicted molar refractivity (Wildman–Crippen MR) is 119 cm³/mol. The van der Waals surface area contributed by atoms with Gasteiger partial charge in [0.1, 0.15) is 5.16 Å². The molecule has 0 saturated heterocycles. The number of hydrogen-bond acceptors (Lipinski definition) is 3. The van der Waals surface area contributed by atoms with Crippen molar-refractivity contribution in [2.45, 2.75) is 58.0 Å². The average molecular weight is 450 g/mol. The highest BCUT2D eigenvalue weighted by atomic mass is 35.5. The van der Waals surface area contributed by atoms with Crippen molar-refractivity contribution >= 4 is 42.3 Å². The lowest BCUT2D eigenvalue weighted by Gasteiger charge is -2.34. The Bertz CT molecular complexity index is 964. The summed E-state index contributed by atoms with van der Waals surface area (Å²) < 4.78 is 13.7. The Kier molecular flexibility index (Phi) is 6.63. The van der Waals surface area contributed by atoms with Crippen molar-refractivity contribution in [3.05, 3.63) is 68.2 Å². The lowest BCUT2D eigenvalue weighted by molar-refractivity contribution is 0.0903. The molecule has 3 rings (SSSR count). The summed E-state index contributed by atoms with van der Waals surface area (Å²) in [6, 6.07) is 8.67. The van der Waals surface area contributed by atoms with E-state index in [1.807, 2.05) is 32.9 Å². The smallest absolute Gasteiger partial charge is 0.243 e. The van der Waals surface area contributed by atoms with E-state index in [1.54, 1.807) is 18.2 Å². The molecule has 0 aromatic heterocycles. The molecule has 153 valence electrons. The van der Waals surface area contributed by atoms with Crippen LogP contribution in [0, 0.1) is 20.8 Å². The number of ketones is 1. The standard InChI is InChI=1S/C23H24Cl2O3P/c1-14-12-15(2)19(16(3)13-14)22(27)29(28)23(10-5-4-6-11-23)21(26)20-17(24)8-7-9-18(20)25/h7-9,12-13H,4-6,10-11H2,1-3H3. The highest BCUT2D eigenvalue weighted by Crippen LogP contribution is 2.54. The fourth-order valence-corrected chi connectivity index (χ4v) is 6.95. The van der Waals surface area contributed by atoms with Gasteiger partial charge in [0.15, 0.2) is 13.6 Å². The van der Waals surface area contributed by atoms with Crippen LogP contribution in [0.15, 0.2) is 30.3 Å². The van der Waals surface area contributed by atoms with Gasteiger partial charge in [0, 0.05) is 5.56 Å². The van der Waals surface area contributed by atoms with E-state index in [1.165, 1.54) is 0 Å². The molecule has 1 fully saturated rings. The zero-order chi connectivity index (χ0) is 21.3. The van der Waals surface area contributed by atoms with Crippen molar-refractivity contribution in [1.29, 1.82) is 0 Å². The summed E-state index contributed by atoms with van der Waals surface area (Å²) in [6.45, 7) is 5.65. The Morgan fingerprint density at radius 1 is 0.897 bits per heavy atom.